The van der Waals surface area contributed by atoms with Gasteiger partial charge in [-0.1, -0.05) is 30.3 Å². The minimum Gasteiger partial charge on any atom is -0.342 e. The van der Waals surface area contributed by atoms with Gasteiger partial charge in [0.2, 0.25) is 15.9 Å². The van der Waals surface area contributed by atoms with Crippen molar-refractivity contribution in [2.24, 2.45) is 0 Å². The number of amides is 1. The van der Waals surface area contributed by atoms with Gasteiger partial charge in [-0.25, -0.2) is 17.9 Å². The maximum absolute atomic E-state index is 12.8. The SMILES string of the molecule is CCn1c(C2CCN(C(=O)CN(C)S(C)(=O)=O)CC2)nn(Cc2ccccc2)c1=O. The molecule has 10 heteroatoms. The monoisotopic (exact) mass is 435 g/mol. The second kappa shape index (κ2) is 9.13. The molecule has 0 aliphatic carbocycles. The first kappa shape index (κ1) is 22.2. The first-order chi connectivity index (χ1) is 14.2. The van der Waals surface area contributed by atoms with Crippen molar-refractivity contribution in [3.63, 3.8) is 0 Å². The zero-order valence-corrected chi connectivity index (χ0v) is 18.5. The zero-order valence-electron chi connectivity index (χ0n) is 17.7. The molecule has 2 aromatic rings. The largest absolute Gasteiger partial charge is 0.346 e. The van der Waals surface area contributed by atoms with Crippen LogP contribution in [-0.4, -0.2) is 70.8 Å². The van der Waals surface area contributed by atoms with Gasteiger partial charge in [0.05, 0.1) is 19.3 Å². The van der Waals surface area contributed by atoms with Crippen LogP contribution >= 0.6 is 0 Å². The molecule has 1 amide bonds. The molecule has 0 radical (unpaired) electrons. The Morgan fingerprint density at radius 3 is 2.40 bits per heavy atom. The molecule has 164 valence electrons. The molecule has 0 N–H and O–H groups in total. The number of hydrogen-bond acceptors (Lipinski definition) is 5. The van der Waals surface area contributed by atoms with Gasteiger partial charge < -0.3 is 4.90 Å². The molecule has 1 aliphatic heterocycles. The summed E-state index contributed by atoms with van der Waals surface area (Å²) in [4.78, 5) is 26.9. The number of likely N-dealkylation sites (N-methyl/N-ethyl adjacent to an activating group) is 1. The van der Waals surface area contributed by atoms with Crippen LogP contribution in [0.5, 0.6) is 0 Å². The van der Waals surface area contributed by atoms with E-state index in [2.05, 4.69) is 5.10 Å². The van der Waals surface area contributed by atoms with Crippen molar-refractivity contribution in [2.75, 3.05) is 32.9 Å². The number of likely N-dealkylation sites (tertiary alicyclic amines) is 1. The van der Waals surface area contributed by atoms with E-state index in [-0.39, 0.29) is 24.1 Å². The molecular weight excluding hydrogens is 406 g/mol. The van der Waals surface area contributed by atoms with Crippen LogP contribution in [0.25, 0.3) is 0 Å². The van der Waals surface area contributed by atoms with Gasteiger partial charge in [-0.15, -0.1) is 0 Å². The summed E-state index contributed by atoms with van der Waals surface area (Å²) in [5.41, 5.74) is 0.895. The second-order valence-electron chi connectivity index (χ2n) is 7.70. The van der Waals surface area contributed by atoms with E-state index in [0.29, 0.717) is 39.0 Å². The maximum atomic E-state index is 12.8. The highest BCUT2D eigenvalue weighted by Crippen LogP contribution is 2.26. The number of carbonyl (C=O) groups excluding carboxylic acids is 1. The van der Waals surface area contributed by atoms with Crippen molar-refractivity contribution in [3.05, 3.63) is 52.2 Å². The average molecular weight is 436 g/mol. The fraction of sp³-hybridized carbons (Fsp3) is 0.550. The van der Waals surface area contributed by atoms with Crippen LogP contribution in [0.1, 0.15) is 37.1 Å². The fourth-order valence-corrected chi connectivity index (χ4v) is 4.06. The molecule has 1 saturated heterocycles. The number of benzene rings is 1. The highest BCUT2D eigenvalue weighted by molar-refractivity contribution is 7.88. The molecule has 30 heavy (non-hydrogen) atoms. The molecule has 1 aromatic carbocycles. The minimum atomic E-state index is -3.39. The summed E-state index contributed by atoms with van der Waals surface area (Å²) in [6.07, 6.45) is 2.47. The molecule has 3 rings (SSSR count). The van der Waals surface area contributed by atoms with Crippen molar-refractivity contribution in [3.8, 4) is 0 Å². The highest BCUT2D eigenvalue weighted by atomic mass is 32.2. The van der Waals surface area contributed by atoms with Crippen LogP contribution < -0.4 is 5.69 Å². The number of nitrogens with zero attached hydrogens (tertiary/aromatic N) is 5. The summed E-state index contributed by atoms with van der Waals surface area (Å²) in [7, 11) is -1.99. The summed E-state index contributed by atoms with van der Waals surface area (Å²) in [5, 5.41) is 4.63. The Kier molecular flexibility index (Phi) is 6.77. The third-order valence-corrected chi connectivity index (χ3v) is 6.84. The number of sulfonamides is 1. The molecule has 0 bridgehead atoms. The summed E-state index contributed by atoms with van der Waals surface area (Å²) >= 11 is 0. The van der Waals surface area contributed by atoms with Gasteiger partial charge >= 0.3 is 5.69 Å². The lowest BCUT2D eigenvalue weighted by Gasteiger charge is -2.32. The highest BCUT2D eigenvalue weighted by Gasteiger charge is 2.29. The Morgan fingerprint density at radius 2 is 1.83 bits per heavy atom. The quantitative estimate of drug-likeness (QED) is 0.638. The third kappa shape index (κ3) is 4.99. The first-order valence-electron chi connectivity index (χ1n) is 10.1. The zero-order chi connectivity index (χ0) is 21.9. The summed E-state index contributed by atoms with van der Waals surface area (Å²) in [6.45, 7) is 3.78. The van der Waals surface area contributed by atoms with Crippen molar-refractivity contribution >= 4 is 15.9 Å². The number of hydrogen-bond donors (Lipinski definition) is 0. The van der Waals surface area contributed by atoms with E-state index < -0.39 is 10.0 Å². The van der Waals surface area contributed by atoms with Crippen molar-refractivity contribution in [1.82, 2.24) is 23.6 Å². The van der Waals surface area contributed by atoms with Gasteiger partial charge in [-0.3, -0.25) is 9.36 Å². The van der Waals surface area contributed by atoms with Crippen LogP contribution in [0.3, 0.4) is 0 Å². The Morgan fingerprint density at radius 1 is 1.20 bits per heavy atom. The molecule has 9 nitrogen and oxygen atoms in total. The molecule has 1 aromatic heterocycles. The number of piperidine rings is 1. The maximum Gasteiger partial charge on any atom is 0.346 e. The van der Waals surface area contributed by atoms with Crippen LogP contribution in [0.15, 0.2) is 35.1 Å². The molecular formula is C20H29N5O4S. The van der Waals surface area contributed by atoms with Gasteiger partial charge in [-0.2, -0.15) is 9.40 Å². The first-order valence-corrected chi connectivity index (χ1v) is 12.0. The van der Waals surface area contributed by atoms with Crippen molar-refractivity contribution in [1.29, 1.82) is 0 Å². The number of carbonyl (C=O) groups is 1. The lowest BCUT2D eigenvalue weighted by atomic mass is 9.96. The lowest BCUT2D eigenvalue weighted by Crippen LogP contribution is -2.44. The summed E-state index contributed by atoms with van der Waals surface area (Å²) in [5.74, 6) is 0.647. The van der Waals surface area contributed by atoms with Crippen LogP contribution in [0.2, 0.25) is 0 Å². The van der Waals surface area contributed by atoms with E-state index in [0.717, 1.165) is 21.9 Å². The van der Waals surface area contributed by atoms with Crippen LogP contribution in [0, 0.1) is 0 Å². The minimum absolute atomic E-state index is 0.0892. The van der Waals surface area contributed by atoms with E-state index in [1.807, 2.05) is 37.3 Å². The summed E-state index contributed by atoms with van der Waals surface area (Å²) < 4.78 is 27.3. The Labute approximate surface area is 177 Å². The van der Waals surface area contributed by atoms with Crippen molar-refractivity contribution < 1.29 is 13.2 Å². The van der Waals surface area contributed by atoms with Gasteiger partial charge in [0.25, 0.3) is 0 Å². The van der Waals surface area contributed by atoms with Crippen molar-refractivity contribution in [2.45, 2.75) is 38.8 Å². The standard InChI is InChI=1S/C20H29N5O4S/c1-4-24-19(21-25(20(24)27)14-16-8-6-5-7-9-16)17-10-12-23(13-11-17)18(26)15-22(2)30(3,28)29/h5-9,17H,4,10-15H2,1-3H3. The number of aromatic nitrogens is 3. The van der Waals surface area contributed by atoms with E-state index in [4.69, 9.17) is 0 Å². The molecule has 0 unspecified atom stereocenters. The predicted octanol–water partition coefficient (Wildman–Crippen LogP) is 0.710. The molecule has 1 fully saturated rings. The Hall–Kier alpha value is -2.46. The molecule has 0 atom stereocenters. The van der Waals surface area contributed by atoms with Gasteiger partial charge in [0.1, 0.15) is 5.82 Å². The normalized spacial score (nSPS) is 15.7. The number of rotatable bonds is 7. The predicted molar refractivity (Wildman–Crippen MR) is 114 cm³/mol. The van der Waals surface area contributed by atoms with E-state index in [9.17, 15) is 18.0 Å². The smallest absolute Gasteiger partial charge is 0.342 e. The Bertz CT molecular complexity index is 1040. The van der Waals surface area contributed by atoms with Gasteiger partial charge in [0, 0.05) is 32.6 Å². The molecule has 0 spiro atoms. The molecule has 0 saturated carbocycles. The third-order valence-electron chi connectivity index (χ3n) is 5.58. The van der Waals surface area contributed by atoms with E-state index in [1.54, 1.807) is 9.47 Å². The van der Waals surface area contributed by atoms with E-state index >= 15 is 0 Å². The van der Waals surface area contributed by atoms with E-state index in [1.165, 1.54) is 11.7 Å². The second-order valence-corrected chi connectivity index (χ2v) is 9.79. The lowest BCUT2D eigenvalue weighted by molar-refractivity contribution is -0.132. The molecule has 2 heterocycles. The van der Waals surface area contributed by atoms with Crippen LogP contribution in [0.4, 0.5) is 0 Å². The Balaban J connectivity index is 1.69. The molecule has 1 aliphatic rings. The topological polar surface area (TPSA) is 97.5 Å². The van der Waals surface area contributed by atoms with Gasteiger partial charge in [-0.05, 0) is 25.3 Å². The average Bonchev–Trinajstić information content (AvgIpc) is 3.03. The van der Waals surface area contributed by atoms with Gasteiger partial charge in [0.15, 0.2) is 0 Å². The fourth-order valence-electron chi connectivity index (χ4n) is 3.71. The van der Waals surface area contributed by atoms with Crippen LogP contribution in [-0.2, 0) is 27.9 Å². The summed E-state index contributed by atoms with van der Waals surface area (Å²) in [6, 6.07) is 9.74.